The molecule has 0 aliphatic rings. The minimum Gasteiger partial charge on any atom is -0.469 e. The number of carbonyl (C=O) groups excluding carboxylic acids is 1. The largest absolute Gasteiger partial charge is 0.469 e. The van der Waals surface area contributed by atoms with Gasteiger partial charge < -0.3 is 4.74 Å². The van der Waals surface area contributed by atoms with Gasteiger partial charge in [-0.2, -0.15) is 0 Å². The Kier molecular flexibility index (Phi) is 5.71. The van der Waals surface area contributed by atoms with Crippen LogP contribution in [0, 0.1) is 3.57 Å². The summed E-state index contributed by atoms with van der Waals surface area (Å²) in [6, 6.07) is 1.54. The van der Waals surface area contributed by atoms with E-state index in [2.05, 4.69) is 25.7 Å². The topological polar surface area (TPSA) is 39.2 Å². The minimum absolute atomic E-state index is 0.0317. The Morgan fingerprint density at radius 3 is 2.76 bits per heavy atom. The number of pyridine rings is 1. The molecule has 0 aromatic carbocycles. The molecule has 0 aliphatic carbocycles. The lowest BCUT2D eigenvalue weighted by Gasteiger charge is -2.10. The van der Waals surface area contributed by atoms with Gasteiger partial charge in [0.2, 0.25) is 0 Å². The number of nitrogens with zero attached hydrogens (tertiary/aromatic N) is 1. The van der Waals surface area contributed by atoms with Crippen molar-refractivity contribution >= 4 is 44.5 Å². The van der Waals surface area contributed by atoms with Crippen LogP contribution in [0.2, 0.25) is 0 Å². The Labute approximate surface area is 119 Å². The van der Waals surface area contributed by atoms with E-state index in [0.29, 0.717) is 20.2 Å². The predicted molar refractivity (Wildman–Crippen MR) is 70.3 cm³/mol. The summed E-state index contributed by atoms with van der Waals surface area (Å²) in [4.78, 5) is 15.0. The average molecular weight is 420 g/mol. The van der Waals surface area contributed by atoms with Crippen molar-refractivity contribution in [3.05, 3.63) is 26.6 Å². The molecule has 0 N–H and O–H groups in total. The van der Waals surface area contributed by atoms with Gasteiger partial charge in [-0.15, -0.1) is 0 Å². The highest BCUT2D eigenvalue weighted by atomic mass is 127. The summed E-state index contributed by atoms with van der Waals surface area (Å²) in [6.45, 7) is 0. The maximum Gasteiger partial charge on any atom is 0.310 e. The number of halogens is 4. The summed E-state index contributed by atoms with van der Waals surface area (Å²) >= 11 is 4.95. The first kappa shape index (κ1) is 14.7. The van der Waals surface area contributed by atoms with Crippen LogP contribution >= 0.6 is 38.5 Å². The van der Waals surface area contributed by atoms with Gasteiger partial charge in [0.15, 0.2) is 0 Å². The molecular weight excluding hydrogens is 411 g/mol. The molecule has 0 radical (unpaired) electrons. The number of hydrogen-bond donors (Lipinski definition) is 0. The second kappa shape index (κ2) is 6.58. The predicted octanol–water partition coefficient (Wildman–Crippen LogP) is 3.23. The molecule has 1 rings (SSSR count). The summed E-state index contributed by atoms with van der Waals surface area (Å²) in [7, 11) is 1.28. The van der Waals surface area contributed by atoms with E-state index < -0.39 is 12.4 Å². The molecule has 1 aromatic rings. The molecule has 0 saturated carbocycles. The van der Waals surface area contributed by atoms with Crippen molar-refractivity contribution in [3.8, 4) is 0 Å². The molecule has 94 valence electrons. The maximum atomic E-state index is 12.6. The highest BCUT2D eigenvalue weighted by Gasteiger charge is 2.18. The van der Waals surface area contributed by atoms with Crippen molar-refractivity contribution in [1.29, 1.82) is 0 Å². The van der Waals surface area contributed by atoms with Crippen LogP contribution in [0.1, 0.15) is 23.4 Å². The van der Waals surface area contributed by atoms with Crippen LogP contribution in [-0.2, 0) is 21.3 Å². The number of methoxy groups -OCH3 is 1. The Bertz CT molecular complexity index is 429. The van der Waals surface area contributed by atoms with Gasteiger partial charge in [0.1, 0.15) is 5.69 Å². The van der Waals surface area contributed by atoms with E-state index in [1.54, 1.807) is 28.7 Å². The first-order chi connectivity index (χ1) is 7.99. The third kappa shape index (κ3) is 3.84. The molecule has 3 nitrogen and oxygen atoms in total. The van der Waals surface area contributed by atoms with Crippen LogP contribution in [-0.4, -0.2) is 18.1 Å². The SMILES string of the molecule is COC(=O)Cc1cc(I)c(C(F)F)nc1CBr. The van der Waals surface area contributed by atoms with Crippen LogP contribution in [0.3, 0.4) is 0 Å². The highest BCUT2D eigenvalue weighted by Crippen LogP contribution is 2.26. The van der Waals surface area contributed by atoms with Gasteiger partial charge in [0, 0.05) is 8.90 Å². The third-order valence-corrected chi connectivity index (χ3v) is 3.46. The van der Waals surface area contributed by atoms with E-state index in [9.17, 15) is 13.6 Å². The van der Waals surface area contributed by atoms with E-state index in [-0.39, 0.29) is 12.1 Å². The van der Waals surface area contributed by atoms with E-state index in [1.807, 2.05) is 0 Å². The van der Waals surface area contributed by atoms with Crippen molar-refractivity contribution in [2.24, 2.45) is 0 Å². The van der Waals surface area contributed by atoms with Crippen molar-refractivity contribution in [2.45, 2.75) is 18.2 Å². The van der Waals surface area contributed by atoms with Gasteiger partial charge in [-0.05, 0) is 34.2 Å². The average Bonchev–Trinajstić information content (AvgIpc) is 2.28. The van der Waals surface area contributed by atoms with Gasteiger partial charge >= 0.3 is 5.97 Å². The lowest BCUT2D eigenvalue weighted by Crippen LogP contribution is -2.10. The molecule has 1 aromatic heterocycles. The summed E-state index contributed by atoms with van der Waals surface area (Å²) in [5, 5.41) is 0.315. The number of aromatic nitrogens is 1. The molecule has 0 aliphatic heterocycles. The van der Waals surface area contributed by atoms with Crippen LogP contribution in [0.4, 0.5) is 8.78 Å². The number of esters is 1. The molecular formula is C10H9BrF2INO2. The lowest BCUT2D eigenvalue weighted by molar-refractivity contribution is -0.139. The maximum absolute atomic E-state index is 12.6. The second-order valence-corrected chi connectivity index (χ2v) is 4.87. The minimum atomic E-state index is -2.62. The summed E-state index contributed by atoms with van der Waals surface area (Å²) in [6.07, 6.45) is -2.59. The molecule has 0 spiro atoms. The first-order valence-corrected chi connectivity index (χ1v) is 6.78. The number of alkyl halides is 3. The van der Waals surface area contributed by atoms with Gasteiger partial charge in [0.05, 0.1) is 19.2 Å². The van der Waals surface area contributed by atoms with E-state index in [0.717, 1.165) is 0 Å². The summed E-state index contributed by atoms with van der Waals surface area (Å²) < 4.78 is 30.1. The molecule has 0 atom stereocenters. The van der Waals surface area contributed by atoms with E-state index >= 15 is 0 Å². The summed E-state index contributed by atoms with van der Waals surface area (Å²) in [5.74, 6) is -0.422. The van der Waals surface area contributed by atoms with Crippen molar-refractivity contribution in [1.82, 2.24) is 4.98 Å². The lowest BCUT2D eigenvalue weighted by atomic mass is 10.1. The molecule has 7 heteroatoms. The van der Waals surface area contributed by atoms with Gasteiger partial charge in [-0.3, -0.25) is 4.79 Å². The molecule has 0 amide bonds. The number of rotatable bonds is 4. The first-order valence-electron chi connectivity index (χ1n) is 4.58. The fraction of sp³-hybridized carbons (Fsp3) is 0.400. The monoisotopic (exact) mass is 419 g/mol. The third-order valence-electron chi connectivity index (χ3n) is 2.07. The van der Waals surface area contributed by atoms with Crippen LogP contribution in [0.5, 0.6) is 0 Å². The smallest absolute Gasteiger partial charge is 0.310 e. The molecule has 0 saturated heterocycles. The van der Waals surface area contributed by atoms with Gasteiger partial charge in [-0.25, -0.2) is 13.8 Å². The highest BCUT2D eigenvalue weighted by molar-refractivity contribution is 14.1. The zero-order valence-electron chi connectivity index (χ0n) is 8.84. The quantitative estimate of drug-likeness (QED) is 0.427. The van der Waals surface area contributed by atoms with Crippen LogP contribution in [0.15, 0.2) is 6.07 Å². The fourth-order valence-corrected chi connectivity index (χ4v) is 2.45. The summed E-state index contributed by atoms with van der Waals surface area (Å²) in [5.41, 5.74) is 0.780. The van der Waals surface area contributed by atoms with Crippen molar-refractivity contribution in [2.75, 3.05) is 7.11 Å². The van der Waals surface area contributed by atoms with E-state index in [4.69, 9.17) is 0 Å². The Hall–Kier alpha value is -0.310. The van der Waals surface area contributed by atoms with Gasteiger partial charge in [0.25, 0.3) is 6.43 Å². The molecule has 1 heterocycles. The molecule has 0 unspecified atom stereocenters. The molecule has 0 fully saturated rings. The fourth-order valence-electron chi connectivity index (χ4n) is 1.23. The normalized spacial score (nSPS) is 10.7. The van der Waals surface area contributed by atoms with Gasteiger partial charge in [-0.1, -0.05) is 15.9 Å². The van der Waals surface area contributed by atoms with E-state index in [1.165, 1.54) is 7.11 Å². The number of carbonyl (C=O) groups is 1. The Morgan fingerprint density at radius 2 is 2.29 bits per heavy atom. The van der Waals surface area contributed by atoms with Crippen molar-refractivity contribution in [3.63, 3.8) is 0 Å². The standard InChI is InChI=1S/C10H9BrF2INO2/c1-17-8(16)3-5-2-6(14)9(10(12)13)15-7(5)4-11/h2,10H,3-4H2,1H3. The van der Waals surface area contributed by atoms with Crippen LogP contribution < -0.4 is 0 Å². The molecule has 0 bridgehead atoms. The zero-order valence-corrected chi connectivity index (χ0v) is 12.6. The van der Waals surface area contributed by atoms with Crippen LogP contribution in [0.25, 0.3) is 0 Å². The Morgan fingerprint density at radius 1 is 1.65 bits per heavy atom. The second-order valence-electron chi connectivity index (χ2n) is 3.15. The Balaban J connectivity index is 3.14. The number of hydrogen-bond acceptors (Lipinski definition) is 3. The zero-order chi connectivity index (χ0) is 13.0. The molecule has 17 heavy (non-hydrogen) atoms. The van der Waals surface area contributed by atoms with Crippen molar-refractivity contribution < 1.29 is 18.3 Å². The number of ether oxygens (including phenoxy) is 1.